The van der Waals surface area contributed by atoms with Gasteiger partial charge < -0.3 is 0 Å². The predicted molar refractivity (Wildman–Crippen MR) is 109 cm³/mol. The zero-order chi connectivity index (χ0) is 18.1. The monoisotopic (exact) mass is 352 g/mol. The lowest BCUT2D eigenvalue weighted by molar-refractivity contribution is 0.556. The van der Waals surface area contributed by atoms with Crippen molar-refractivity contribution in [2.45, 2.75) is 41.0 Å². The fourth-order valence-electron chi connectivity index (χ4n) is 3.44. The van der Waals surface area contributed by atoms with Crippen LogP contribution in [0.1, 0.15) is 46.6 Å². The minimum Gasteiger partial charge on any atom is -0.264 e. The Labute approximate surface area is 155 Å². The molecule has 2 nitrogen and oxygen atoms in total. The van der Waals surface area contributed by atoms with Crippen LogP contribution in [0.15, 0.2) is 68.4 Å². The topological polar surface area (TPSA) is 24.7 Å². The lowest BCUT2D eigenvalue weighted by Crippen LogP contribution is -2.16. The van der Waals surface area contributed by atoms with E-state index in [4.69, 9.17) is 16.6 Å². The van der Waals surface area contributed by atoms with Crippen molar-refractivity contribution < 1.29 is 0 Å². The second-order valence-electron chi connectivity index (χ2n) is 7.16. The number of hydrogen-bond donors (Lipinski definition) is 0. The molecule has 0 bridgehead atoms. The molecule has 0 saturated carbocycles. The van der Waals surface area contributed by atoms with Gasteiger partial charge in [0, 0.05) is 28.6 Å². The molecule has 1 aromatic carbocycles. The Bertz CT molecular complexity index is 835. The first-order valence-electron chi connectivity index (χ1n) is 8.83. The van der Waals surface area contributed by atoms with Crippen molar-refractivity contribution in [2.24, 2.45) is 21.8 Å². The Balaban J connectivity index is 2.25. The minimum atomic E-state index is 0.386. The Hall–Kier alpha value is -1.93. The molecule has 0 spiro atoms. The molecule has 1 aliphatic heterocycles. The molecule has 0 radical (unpaired) electrons. The van der Waals surface area contributed by atoms with Crippen LogP contribution in [0.2, 0.25) is 5.02 Å². The van der Waals surface area contributed by atoms with Crippen LogP contribution in [0.3, 0.4) is 0 Å². The van der Waals surface area contributed by atoms with Crippen molar-refractivity contribution in [1.82, 2.24) is 0 Å². The van der Waals surface area contributed by atoms with Gasteiger partial charge in [0.25, 0.3) is 0 Å². The Kier molecular flexibility index (Phi) is 5.10. The highest BCUT2D eigenvalue weighted by molar-refractivity contribution is 6.30. The van der Waals surface area contributed by atoms with Gasteiger partial charge in [-0.25, -0.2) is 0 Å². The third kappa shape index (κ3) is 3.55. The summed E-state index contributed by atoms with van der Waals surface area (Å²) in [6.45, 7) is 11.0. The number of aliphatic imine (C=N–C) groups is 2. The van der Waals surface area contributed by atoms with Crippen LogP contribution in [0.4, 0.5) is 0 Å². The van der Waals surface area contributed by atoms with Crippen LogP contribution >= 0.6 is 11.6 Å². The van der Waals surface area contributed by atoms with E-state index < -0.39 is 0 Å². The molecule has 3 heteroatoms. The smallest absolute Gasteiger partial charge is 0.0777 e. The third-order valence-electron chi connectivity index (χ3n) is 5.38. The number of halogens is 1. The molecule has 0 saturated heterocycles. The van der Waals surface area contributed by atoms with Crippen LogP contribution in [0.5, 0.6) is 0 Å². The summed E-state index contributed by atoms with van der Waals surface area (Å²) in [6, 6.07) is 7.97. The fourth-order valence-corrected chi connectivity index (χ4v) is 3.57. The summed E-state index contributed by atoms with van der Waals surface area (Å²) in [6.07, 6.45) is 4.96. The standard InChI is InChI=1S/C22H25ClN2/c1-13-10-20-16(4)14(2)11-24-15(3)12-25-22(21(20)17(13)5)18-6-8-19(23)9-7-18/h6-9,11-12,14,16H,10H2,1-5H3/b15-12+,24-11?,25-22?. The Morgan fingerprint density at radius 3 is 2.40 bits per heavy atom. The van der Waals surface area contributed by atoms with Gasteiger partial charge in [-0.05, 0) is 56.7 Å². The number of allylic oxidation sites excluding steroid dienone is 5. The molecule has 130 valence electrons. The van der Waals surface area contributed by atoms with E-state index >= 15 is 0 Å². The second-order valence-corrected chi connectivity index (χ2v) is 7.60. The molecular weight excluding hydrogens is 328 g/mol. The predicted octanol–water partition coefficient (Wildman–Crippen LogP) is 6.38. The van der Waals surface area contributed by atoms with Crippen molar-refractivity contribution in [3.63, 3.8) is 0 Å². The number of hydrogen-bond acceptors (Lipinski definition) is 2. The van der Waals surface area contributed by atoms with Gasteiger partial charge in [0.2, 0.25) is 0 Å². The van der Waals surface area contributed by atoms with Crippen LogP contribution in [-0.4, -0.2) is 11.9 Å². The third-order valence-corrected chi connectivity index (χ3v) is 5.63. The first kappa shape index (κ1) is 17.9. The van der Waals surface area contributed by atoms with Crippen molar-refractivity contribution >= 4 is 23.5 Å². The lowest BCUT2D eigenvalue weighted by atomic mass is 9.83. The van der Waals surface area contributed by atoms with Crippen molar-refractivity contribution in [1.29, 1.82) is 0 Å². The zero-order valence-electron chi connectivity index (χ0n) is 15.6. The van der Waals surface area contributed by atoms with Gasteiger partial charge in [-0.1, -0.05) is 48.7 Å². The summed E-state index contributed by atoms with van der Waals surface area (Å²) < 4.78 is 0. The average molecular weight is 353 g/mol. The van der Waals surface area contributed by atoms with Crippen LogP contribution in [0.25, 0.3) is 0 Å². The minimum absolute atomic E-state index is 0.386. The quantitative estimate of drug-likeness (QED) is 0.560. The van der Waals surface area contributed by atoms with Crippen molar-refractivity contribution in [3.8, 4) is 0 Å². The van der Waals surface area contributed by atoms with E-state index in [1.807, 2.05) is 25.3 Å². The second kappa shape index (κ2) is 7.13. The van der Waals surface area contributed by atoms with Gasteiger partial charge in [0.15, 0.2) is 0 Å². The van der Waals surface area contributed by atoms with Crippen LogP contribution in [-0.2, 0) is 0 Å². The molecule has 3 rings (SSSR count). The van der Waals surface area contributed by atoms with E-state index in [1.165, 1.54) is 22.3 Å². The SMILES string of the molecule is CC1=C(C)C2=C(C1)C(C)C(C)C=N/C(C)=C/N=C2c1ccc(Cl)cc1. The lowest BCUT2D eigenvalue weighted by Gasteiger charge is -2.22. The van der Waals surface area contributed by atoms with Gasteiger partial charge >= 0.3 is 0 Å². The van der Waals surface area contributed by atoms with E-state index in [2.05, 4.69) is 51.0 Å². The van der Waals surface area contributed by atoms with Gasteiger partial charge in [0.1, 0.15) is 0 Å². The first-order chi connectivity index (χ1) is 11.9. The van der Waals surface area contributed by atoms with Crippen LogP contribution in [0, 0.1) is 11.8 Å². The molecular formula is C22H25ClN2. The van der Waals surface area contributed by atoms with E-state index in [1.54, 1.807) is 0 Å². The van der Waals surface area contributed by atoms with E-state index in [0.717, 1.165) is 28.4 Å². The average Bonchev–Trinajstić information content (AvgIpc) is 2.88. The molecule has 0 N–H and O–H groups in total. The van der Waals surface area contributed by atoms with E-state index in [0.29, 0.717) is 11.8 Å². The highest BCUT2D eigenvalue weighted by Crippen LogP contribution is 2.40. The summed E-state index contributed by atoms with van der Waals surface area (Å²) in [5.74, 6) is 0.811. The number of benzene rings is 1. The first-order valence-corrected chi connectivity index (χ1v) is 9.21. The zero-order valence-corrected chi connectivity index (χ0v) is 16.4. The molecule has 0 aromatic heterocycles. The van der Waals surface area contributed by atoms with Gasteiger partial charge in [-0.3, -0.25) is 9.98 Å². The number of rotatable bonds is 1. The summed E-state index contributed by atoms with van der Waals surface area (Å²) in [5, 5.41) is 0.742. The maximum Gasteiger partial charge on any atom is 0.0777 e. The van der Waals surface area contributed by atoms with E-state index in [9.17, 15) is 0 Å². The van der Waals surface area contributed by atoms with Crippen molar-refractivity contribution in [2.75, 3.05) is 0 Å². The van der Waals surface area contributed by atoms with Crippen LogP contribution < -0.4 is 0 Å². The Morgan fingerprint density at radius 2 is 1.72 bits per heavy atom. The molecule has 1 aromatic rings. The van der Waals surface area contributed by atoms with Gasteiger partial charge in [-0.2, -0.15) is 0 Å². The normalized spacial score (nSPS) is 26.3. The molecule has 0 amide bonds. The summed E-state index contributed by atoms with van der Waals surface area (Å²) in [5.41, 5.74) is 8.60. The molecule has 1 aliphatic carbocycles. The molecule has 25 heavy (non-hydrogen) atoms. The molecule has 1 heterocycles. The van der Waals surface area contributed by atoms with E-state index in [-0.39, 0.29) is 0 Å². The summed E-state index contributed by atoms with van der Waals surface area (Å²) in [7, 11) is 0. The van der Waals surface area contributed by atoms with Gasteiger partial charge in [-0.15, -0.1) is 0 Å². The molecule has 2 aliphatic rings. The highest BCUT2D eigenvalue weighted by Gasteiger charge is 2.29. The van der Waals surface area contributed by atoms with Crippen molar-refractivity contribution in [3.05, 3.63) is 69.0 Å². The fraction of sp³-hybridized carbons (Fsp3) is 0.364. The largest absolute Gasteiger partial charge is 0.264 e. The molecule has 2 unspecified atom stereocenters. The highest BCUT2D eigenvalue weighted by atomic mass is 35.5. The maximum atomic E-state index is 6.09. The summed E-state index contributed by atoms with van der Waals surface area (Å²) in [4.78, 5) is 9.44. The molecule has 0 fully saturated rings. The summed E-state index contributed by atoms with van der Waals surface area (Å²) >= 11 is 6.09. The maximum absolute atomic E-state index is 6.09. The Morgan fingerprint density at radius 1 is 1.04 bits per heavy atom. The van der Waals surface area contributed by atoms with Gasteiger partial charge in [0.05, 0.1) is 11.4 Å². The number of nitrogens with zero attached hydrogens (tertiary/aromatic N) is 2. The molecule has 2 atom stereocenters.